The second-order valence-electron chi connectivity index (χ2n) is 4.30. The molecule has 20 heavy (non-hydrogen) atoms. The van der Waals surface area contributed by atoms with Gasteiger partial charge in [0.2, 0.25) is 17.8 Å². The van der Waals surface area contributed by atoms with E-state index in [1.807, 2.05) is 32.0 Å². The van der Waals surface area contributed by atoms with E-state index in [4.69, 9.17) is 4.74 Å². The molecule has 0 bridgehead atoms. The van der Waals surface area contributed by atoms with Gasteiger partial charge in [-0.15, -0.1) is 0 Å². The number of hydrogen-bond donors (Lipinski definition) is 1. The molecule has 0 atom stereocenters. The third-order valence-corrected chi connectivity index (χ3v) is 2.56. The minimum absolute atomic E-state index is 0.553. The molecule has 0 amide bonds. The number of nitrogens with one attached hydrogen (secondary N) is 1. The van der Waals surface area contributed by atoms with E-state index >= 15 is 0 Å². The van der Waals surface area contributed by atoms with Gasteiger partial charge in [0.05, 0.1) is 7.11 Å². The number of ether oxygens (including phenoxy) is 1. The van der Waals surface area contributed by atoms with E-state index in [0.29, 0.717) is 23.6 Å². The first-order valence-electron chi connectivity index (χ1n) is 6.31. The molecule has 0 saturated heterocycles. The Hall–Kier alpha value is -2.44. The fraction of sp³-hybridized carbons (Fsp3) is 0.385. The van der Waals surface area contributed by atoms with Crippen LogP contribution in [0.5, 0.6) is 5.88 Å². The topological polar surface area (TPSA) is 76.1 Å². The normalized spacial score (nSPS) is 10.2. The zero-order valence-electron chi connectivity index (χ0n) is 12.1. The van der Waals surface area contributed by atoms with Crippen molar-refractivity contribution in [3.8, 4) is 17.3 Å². The second kappa shape index (κ2) is 6.14. The van der Waals surface area contributed by atoms with E-state index < -0.39 is 0 Å². The third kappa shape index (κ3) is 3.11. The Bertz CT molecular complexity index is 570. The van der Waals surface area contributed by atoms with Crippen molar-refractivity contribution >= 4 is 11.9 Å². The molecule has 0 unspecified atom stereocenters. The van der Waals surface area contributed by atoms with Crippen LogP contribution in [0.4, 0.5) is 11.9 Å². The molecule has 0 radical (unpaired) electrons. The molecule has 0 aliphatic carbocycles. The molecule has 106 valence electrons. The first-order chi connectivity index (χ1) is 9.63. The van der Waals surface area contributed by atoms with Gasteiger partial charge in [0.25, 0.3) is 0 Å². The number of pyridine rings is 1. The van der Waals surface area contributed by atoms with Crippen LogP contribution in [-0.4, -0.2) is 47.7 Å². The first kappa shape index (κ1) is 14.0. The van der Waals surface area contributed by atoms with Crippen molar-refractivity contribution in [1.82, 2.24) is 19.9 Å². The van der Waals surface area contributed by atoms with Gasteiger partial charge in [0.1, 0.15) is 0 Å². The Kier molecular flexibility index (Phi) is 4.29. The lowest BCUT2D eigenvalue weighted by Crippen LogP contribution is -2.15. The Morgan fingerprint density at radius 3 is 2.55 bits per heavy atom. The molecular formula is C13H18N6O. The number of nitrogens with zero attached hydrogens (tertiary/aromatic N) is 5. The molecule has 0 spiro atoms. The van der Waals surface area contributed by atoms with Crippen LogP contribution < -0.4 is 15.0 Å². The van der Waals surface area contributed by atoms with E-state index in [1.54, 1.807) is 19.4 Å². The van der Waals surface area contributed by atoms with Gasteiger partial charge in [-0.2, -0.15) is 15.0 Å². The van der Waals surface area contributed by atoms with Crippen LogP contribution in [-0.2, 0) is 0 Å². The van der Waals surface area contributed by atoms with Crippen LogP contribution in [0.15, 0.2) is 18.3 Å². The number of methoxy groups -OCH3 is 1. The summed E-state index contributed by atoms with van der Waals surface area (Å²) in [6.45, 7) is 2.74. The third-order valence-electron chi connectivity index (χ3n) is 2.56. The van der Waals surface area contributed by atoms with E-state index in [1.165, 1.54) is 0 Å². The summed E-state index contributed by atoms with van der Waals surface area (Å²) >= 11 is 0. The summed E-state index contributed by atoms with van der Waals surface area (Å²) in [5.74, 6) is 2.29. The van der Waals surface area contributed by atoms with Gasteiger partial charge in [0.15, 0.2) is 5.82 Å². The summed E-state index contributed by atoms with van der Waals surface area (Å²) in [4.78, 5) is 19.1. The van der Waals surface area contributed by atoms with Crippen molar-refractivity contribution in [1.29, 1.82) is 0 Å². The lowest BCUT2D eigenvalue weighted by Gasteiger charge is -2.13. The summed E-state index contributed by atoms with van der Waals surface area (Å²) in [7, 11) is 5.36. The molecule has 2 rings (SSSR count). The Morgan fingerprint density at radius 2 is 2.00 bits per heavy atom. The van der Waals surface area contributed by atoms with Gasteiger partial charge in [-0.3, -0.25) is 0 Å². The standard InChI is InChI=1S/C13H18N6O/c1-5-14-12-16-11(17-13(18-12)19(2)3)9-6-7-10(20-4)15-8-9/h6-8H,5H2,1-4H3,(H,14,16,17,18). The van der Waals surface area contributed by atoms with E-state index in [9.17, 15) is 0 Å². The monoisotopic (exact) mass is 274 g/mol. The van der Waals surface area contributed by atoms with Crippen molar-refractivity contribution < 1.29 is 4.74 Å². The van der Waals surface area contributed by atoms with E-state index in [0.717, 1.165) is 12.1 Å². The highest BCUT2D eigenvalue weighted by molar-refractivity contribution is 5.57. The van der Waals surface area contributed by atoms with Crippen molar-refractivity contribution in [2.24, 2.45) is 0 Å². The molecule has 7 nitrogen and oxygen atoms in total. The quantitative estimate of drug-likeness (QED) is 0.884. The largest absolute Gasteiger partial charge is 0.481 e. The van der Waals surface area contributed by atoms with Crippen LogP contribution >= 0.6 is 0 Å². The lowest BCUT2D eigenvalue weighted by atomic mass is 10.2. The predicted octanol–water partition coefficient (Wildman–Crippen LogP) is 1.44. The fourth-order valence-electron chi connectivity index (χ4n) is 1.56. The van der Waals surface area contributed by atoms with Crippen LogP contribution in [0.25, 0.3) is 11.4 Å². The summed E-state index contributed by atoms with van der Waals surface area (Å²) in [6, 6.07) is 3.65. The lowest BCUT2D eigenvalue weighted by molar-refractivity contribution is 0.398. The molecule has 0 aromatic carbocycles. The summed E-state index contributed by atoms with van der Waals surface area (Å²) in [5, 5.41) is 3.10. The van der Waals surface area contributed by atoms with Crippen LogP contribution in [0.2, 0.25) is 0 Å². The van der Waals surface area contributed by atoms with Gasteiger partial charge in [-0.25, -0.2) is 4.98 Å². The Balaban J connectivity index is 2.42. The zero-order chi connectivity index (χ0) is 14.5. The molecule has 2 aromatic heterocycles. The number of hydrogen-bond acceptors (Lipinski definition) is 7. The maximum absolute atomic E-state index is 5.04. The van der Waals surface area contributed by atoms with Gasteiger partial charge in [-0.1, -0.05) is 0 Å². The van der Waals surface area contributed by atoms with E-state index in [2.05, 4.69) is 25.3 Å². The highest BCUT2D eigenvalue weighted by Gasteiger charge is 2.10. The van der Waals surface area contributed by atoms with Gasteiger partial charge >= 0.3 is 0 Å². The van der Waals surface area contributed by atoms with Crippen molar-refractivity contribution in [2.75, 3.05) is 38.0 Å². The molecule has 0 aliphatic heterocycles. The van der Waals surface area contributed by atoms with Crippen molar-refractivity contribution in [3.05, 3.63) is 18.3 Å². The molecule has 7 heteroatoms. The highest BCUT2D eigenvalue weighted by Crippen LogP contribution is 2.19. The average Bonchev–Trinajstić information content (AvgIpc) is 2.47. The van der Waals surface area contributed by atoms with Gasteiger partial charge < -0.3 is 15.0 Å². The van der Waals surface area contributed by atoms with Gasteiger partial charge in [0, 0.05) is 38.5 Å². The SMILES string of the molecule is CCNc1nc(-c2ccc(OC)nc2)nc(N(C)C)n1. The number of anilines is 2. The number of aromatic nitrogens is 4. The molecular weight excluding hydrogens is 256 g/mol. The molecule has 2 heterocycles. The first-order valence-corrected chi connectivity index (χ1v) is 6.31. The summed E-state index contributed by atoms with van der Waals surface area (Å²) in [6.07, 6.45) is 1.68. The Morgan fingerprint density at radius 1 is 1.20 bits per heavy atom. The van der Waals surface area contributed by atoms with Crippen molar-refractivity contribution in [2.45, 2.75) is 6.92 Å². The molecule has 0 fully saturated rings. The average molecular weight is 274 g/mol. The molecule has 2 aromatic rings. The molecule has 0 aliphatic rings. The van der Waals surface area contributed by atoms with Crippen LogP contribution in [0.1, 0.15) is 6.92 Å². The minimum atomic E-state index is 0.553. The summed E-state index contributed by atoms with van der Waals surface area (Å²) in [5.41, 5.74) is 0.815. The number of rotatable bonds is 5. The van der Waals surface area contributed by atoms with E-state index in [-0.39, 0.29) is 0 Å². The van der Waals surface area contributed by atoms with Gasteiger partial charge in [-0.05, 0) is 13.0 Å². The summed E-state index contributed by atoms with van der Waals surface area (Å²) < 4.78 is 5.04. The minimum Gasteiger partial charge on any atom is -0.481 e. The maximum Gasteiger partial charge on any atom is 0.230 e. The maximum atomic E-state index is 5.04. The zero-order valence-corrected chi connectivity index (χ0v) is 12.1. The molecule has 1 N–H and O–H groups in total. The fourth-order valence-corrected chi connectivity index (χ4v) is 1.56. The van der Waals surface area contributed by atoms with Crippen LogP contribution in [0.3, 0.4) is 0 Å². The smallest absolute Gasteiger partial charge is 0.230 e. The molecule has 0 saturated carbocycles. The highest BCUT2D eigenvalue weighted by atomic mass is 16.5. The Labute approximate surface area is 118 Å². The predicted molar refractivity (Wildman–Crippen MR) is 78.1 cm³/mol. The second-order valence-corrected chi connectivity index (χ2v) is 4.30. The van der Waals surface area contributed by atoms with Crippen molar-refractivity contribution in [3.63, 3.8) is 0 Å². The van der Waals surface area contributed by atoms with Crippen LogP contribution in [0, 0.1) is 0 Å².